The Bertz CT molecular complexity index is 1130. The van der Waals surface area contributed by atoms with Crippen LogP contribution in [0.2, 0.25) is 0 Å². The summed E-state index contributed by atoms with van der Waals surface area (Å²) in [5.41, 5.74) is 12.4. The number of anilines is 1. The van der Waals surface area contributed by atoms with Crippen LogP contribution in [0.4, 0.5) is 18.9 Å². The molecule has 1 aromatic heterocycles. The van der Waals surface area contributed by atoms with Crippen LogP contribution < -0.4 is 22.1 Å². The van der Waals surface area contributed by atoms with Crippen molar-refractivity contribution in [3.63, 3.8) is 0 Å². The zero-order valence-electron chi connectivity index (χ0n) is 17.7. The molecule has 0 aliphatic heterocycles. The normalized spacial score (nSPS) is 12.9. The Balaban J connectivity index is 1.82. The van der Waals surface area contributed by atoms with Crippen LogP contribution in [0.3, 0.4) is 0 Å². The van der Waals surface area contributed by atoms with Crippen LogP contribution in [0.5, 0.6) is 0 Å². The number of aromatic nitrogens is 1. The fourth-order valence-corrected chi connectivity index (χ4v) is 3.29. The van der Waals surface area contributed by atoms with Crippen molar-refractivity contribution in [2.45, 2.75) is 31.3 Å². The molecule has 33 heavy (non-hydrogen) atoms. The third-order valence-corrected chi connectivity index (χ3v) is 5.03. The van der Waals surface area contributed by atoms with E-state index in [2.05, 4.69) is 15.6 Å². The highest BCUT2D eigenvalue weighted by molar-refractivity contribution is 5.99. The third-order valence-electron chi connectivity index (χ3n) is 5.03. The minimum absolute atomic E-state index is 0.0148. The molecule has 10 heteroatoms. The average molecular weight is 459 g/mol. The maximum absolute atomic E-state index is 13.7. The summed E-state index contributed by atoms with van der Waals surface area (Å²) in [4.78, 5) is 29.7. The minimum atomic E-state index is -1.62. The molecule has 0 saturated carbocycles. The van der Waals surface area contributed by atoms with Crippen molar-refractivity contribution in [2.24, 2.45) is 11.5 Å². The summed E-state index contributed by atoms with van der Waals surface area (Å²) in [5, 5.41) is 5.93. The van der Waals surface area contributed by atoms with Crippen molar-refractivity contribution in [1.29, 1.82) is 0 Å². The van der Waals surface area contributed by atoms with E-state index in [4.69, 9.17) is 11.5 Å². The second kappa shape index (κ2) is 10.9. The second-order valence-electron chi connectivity index (χ2n) is 7.58. The van der Waals surface area contributed by atoms with E-state index in [1.165, 1.54) is 6.20 Å². The number of nitrogens with one attached hydrogen (secondary N) is 2. The molecule has 0 aliphatic rings. The first kappa shape index (κ1) is 24.1. The van der Waals surface area contributed by atoms with Crippen molar-refractivity contribution in [3.05, 3.63) is 71.7 Å². The predicted octanol–water partition coefficient (Wildman–Crippen LogP) is 2.38. The Morgan fingerprint density at radius 3 is 2.42 bits per heavy atom. The standard InChI is InChI=1S/C23H24F3N5O2/c24-16-8-13(9-17(25)21(16)26)10-20(31-22(32)18(28)5-3-7-27)23(33)30-15-11-14-4-1-2-6-19(14)29-12-15/h1-2,4,6,8-9,11-12,18,20H,3,5,7,10,27-28H2,(H,30,33)(H,31,32)/t18-,20-/m0/s1. The molecule has 2 amide bonds. The summed E-state index contributed by atoms with van der Waals surface area (Å²) in [6.07, 6.45) is 1.95. The van der Waals surface area contributed by atoms with Gasteiger partial charge in [0.1, 0.15) is 6.04 Å². The molecule has 0 aliphatic carbocycles. The summed E-state index contributed by atoms with van der Waals surface area (Å²) in [6, 6.07) is 8.36. The van der Waals surface area contributed by atoms with E-state index in [0.29, 0.717) is 25.1 Å². The number of nitrogens with zero attached hydrogens (tertiary/aromatic N) is 1. The number of amides is 2. The van der Waals surface area contributed by atoms with E-state index >= 15 is 0 Å². The van der Waals surface area contributed by atoms with E-state index in [1.54, 1.807) is 6.07 Å². The van der Waals surface area contributed by atoms with Crippen LogP contribution in [-0.4, -0.2) is 35.4 Å². The fourth-order valence-electron chi connectivity index (χ4n) is 3.29. The lowest BCUT2D eigenvalue weighted by Crippen LogP contribution is -2.51. The summed E-state index contributed by atoms with van der Waals surface area (Å²) in [5.74, 6) is -5.68. The van der Waals surface area contributed by atoms with Gasteiger partial charge in [0.05, 0.1) is 23.4 Å². The molecule has 0 fully saturated rings. The Morgan fingerprint density at radius 1 is 1.03 bits per heavy atom. The molecule has 0 saturated heterocycles. The van der Waals surface area contributed by atoms with Crippen molar-refractivity contribution < 1.29 is 22.8 Å². The Morgan fingerprint density at radius 2 is 1.73 bits per heavy atom. The van der Waals surface area contributed by atoms with Gasteiger partial charge in [0.25, 0.3) is 0 Å². The Labute approximate surface area is 188 Å². The van der Waals surface area contributed by atoms with E-state index < -0.39 is 41.3 Å². The number of hydrogen-bond donors (Lipinski definition) is 4. The molecule has 0 bridgehead atoms. The summed E-state index contributed by atoms with van der Waals surface area (Å²) < 4.78 is 40.7. The Kier molecular flexibility index (Phi) is 7.96. The topological polar surface area (TPSA) is 123 Å². The molecule has 1 heterocycles. The molecule has 3 rings (SSSR count). The van der Waals surface area contributed by atoms with Crippen LogP contribution >= 0.6 is 0 Å². The molecule has 2 aromatic carbocycles. The van der Waals surface area contributed by atoms with Gasteiger partial charge in [-0.3, -0.25) is 14.6 Å². The smallest absolute Gasteiger partial charge is 0.247 e. The number of nitrogens with two attached hydrogens (primary N) is 2. The van der Waals surface area contributed by atoms with Gasteiger partial charge in [0, 0.05) is 11.8 Å². The van der Waals surface area contributed by atoms with Gasteiger partial charge in [-0.25, -0.2) is 13.2 Å². The summed E-state index contributed by atoms with van der Waals surface area (Å²) in [6.45, 7) is 0.341. The van der Waals surface area contributed by atoms with Crippen LogP contribution in [0, 0.1) is 17.5 Å². The zero-order chi connectivity index (χ0) is 24.0. The lowest BCUT2D eigenvalue weighted by Gasteiger charge is -2.21. The van der Waals surface area contributed by atoms with Gasteiger partial charge in [0.2, 0.25) is 11.8 Å². The average Bonchev–Trinajstić information content (AvgIpc) is 2.80. The number of carbonyl (C=O) groups is 2. The summed E-state index contributed by atoms with van der Waals surface area (Å²) in [7, 11) is 0. The molecule has 174 valence electrons. The molecule has 7 nitrogen and oxygen atoms in total. The molecule has 3 aromatic rings. The van der Waals surface area contributed by atoms with Crippen LogP contribution in [-0.2, 0) is 16.0 Å². The number of halogens is 3. The maximum atomic E-state index is 13.7. The van der Waals surface area contributed by atoms with Crippen molar-refractivity contribution in [1.82, 2.24) is 10.3 Å². The highest BCUT2D eigenvalue weighted by atomic mass is 19.2. The van der Waals surface area contributed by atoms with E-state index in [9.17, 15) is 22.8 Å². The van der Waals surface area contributed by atoms with Crippen molar-refractivity contribution in [3.8, 4) is 0 Å². The first-order chi connectivity index (χ1) is 15.8. The van der Waals surface area contributed by atoms with Gasteiger partial charge in [-0.15, -0.1) is 0 Å². The number of pyridine rings is 1. The second-order valence-corrected chi connectivity index (χ2v) is 7.58. The first-order valence-corrected chi connectivity index (χ1v) is 10.3. The van der Waals surface area contributed by atoms with E-state index in [-0.39, 0.29) is 12.0 Å². The number of benzene rings is 2. The molecular weight excluding hydrogens is 435 g/mol. The highest BCUT2D eigenvalue weighted by Crippen LogP contribution is 2.18. The zero-order valence-corrected chi connectivity index (χ0v) is 17.7. The lowest BCUT2D eigenvalue weighted by molar-refractivity contribution is -0.127. The van der Waals surface area contributed by atoms with Gasteiger partial charge in [0.15, 0.2) is 17.5 Å². The van der Waals surface area contributed by atoms with Crippen LogP contribution in [0.1, 0.15) is 18.4 Å². The largest absolute Gasteiger partial charge is 0.343 e. The number of fused-ring (bicyclic) bond motifs is 1. The van der Waals surface area contributed by atoms with Gasteiger partial charge in [-0.1, -0.05) is 18.2 Å². The number of carbonyl (C=O) groups excluding carboxylic acids is 2. The maximum Gasteiger partial charge on any atom is 0.247 e. The van der Waals surface area contributed by atoms with Gasteiger partial charge in [-0.2, -0.15) is 0 Å². The lowest BCUT2D eigenvalue weighted by atomic mass is 10.0. The highest BCUT2D eigenvalue weighted by Gasteiger charge is 2.25. The van der Waals surface area contributed by atoms with Gasteiger partial charge < -0.3 is 22.1 Å². The molecule has 0 radical (unpaired) electrons. The predicted molar refractivity (Wildman–Crippen MR) is 119 cm³/mol. The number of rotatable bonds is 9. The molecular formula is C23H24F3N5O2. The van der Waals surface area contributed by atoms with E-state index in [0.717, 1.165) is 23.0 Å². The number of hydrogen-bond acceptors (Lipinski definition) is 5. The van der Waals surface area contributed by atoms with Crippen molar-refractivity contribution >= 4 is 28.4 Å². The third kappa shape index (κ3) is 6.27. The quantitative estimate of drug-likeness (QED) is 0.366. The minimum Gasteiger partial charge on any atom is -0.343 e. The molecule has 0 spiro atoms. The molecule has 2 atom stereocenters. The molecule has 0 unspecified atom stereocenters. The van der Waals surface area contributed by atoms with Crippen LogP contribution in [0.15, 0.2) is 48.7 Å². The van der Waals surface area contributed by atoms with E-state index in [1.807, 2.05) is 24.3 Å². The Hall–Kier alpha value is -3.50. The number of para-hydroxylation sites is 1. The van der Waals surface area contributed by atoms with Gasteiger partial charge >= 0.3 is 0 Å². The molecule has 6 N–H and O–H groups in total. The first-order valence-electron chi connectivity index (χ1n) is 10.3. The van der Waals surface area contributed by atoms with Crippen LogP contribution in [0.25, 0.3) is 10.9 Å². The fraction of sp³-hybridized carbons (Fsp3) is 0.261. The van der Waals surface area contributed by atoms with Gasteiger partial charge in [-0.05, 0) is 49.2 Å². The monoisotopic (exact) mass is 459 g/mol. The summed E-state index contributed by atoms with van der Waals surface area (Å²) >= 11 is 0. The van der Waals surface area contributed by atoms with Crippen molar-refractivity contribution in [2.75, 3.05) is 11.9 Å². The SMILES string of the molecule is NCCC[C@H](N)C(=O)N[C@@H](Cc1cc(F)c(F)c(F)c1)C(=O)Nc1cnc2ccccc2c1.